The predicted molar refractivity (Wildman–Crippen MR) is 123 cm³/mol. The molecule has 0 radical (unpaired) electrons. The molecule has 0 aromatic heterocycles. The molecule has 0 bridgehead atoms. The van der Waals surface area contributed by atoms with E-state index < -0.39 is 11.9 Å². The normalized spacial score (nSPS) is 10.6. The largest absolute Gasteiger partial charge is 0.494 e. The zero-order valence-corrected chi connectivity index (χ0v) is 18.9. The summed E-state index contributed by atoms with van der Waals surface area (Å²) >= 11 is 0. The number of hydrogen-bond acceptors (Lipinski definition) is 6. The zero-order valence-electron chi connectivity index (χ0n) is 18.9. The van der Waals surface area contributed by atoms with E-state index in [2.05, 4.69) is 6.92 Å². The molecule has 0 aliphatic carbocycles. The highest BCUT2D eigenvalue weighted by molar-refractivity contribution is 5.92. The molecule has 0 spiro atoms. The average molecular weight is 443 g/mol. The number of benzene rings is 2. The monoisotopic (exact) mass is 442 g/mol. The minimum absolute atomic E-state index is 0.190. The number of aliphatic hydroxyl groups excluding tert-OH is 1. The van der Waals surface area contributed by atoms with Crippen molar-refractivity contribution in [3.05, 3.63) is 59.7 Å². The van der Waals surface area contributed by atoms with Crippen molar-refractivity contribution in [2.24, 2.45) is 0 Å². The Morgan fingerprint density at radius 1 is 0.688 bits per heavy atom. The van der Waals surface area contributed by atoms with Gasteiger partial charge in [-0.05, 0) is 74.2 Å². The first kappa shape index (κ1) is 25.4. The molecule has 0 heterocycles. The van der Waals surface area contributed by atoms with Crippen LogP contribution < -0.4 is 9.47 Å². The van der Waals surface area contributed by atoms with Crippen molar-refractivity contribution in [2.75, 3.05) is 19.8 Å². The van der Waals surface area contributed by atoms with E-state index in [0.29, 0.717) is 30.1 Å². The quantitative estimate of drug-likeness (QED) is 0.220. The maximum absolute atomic E-state index is 12.4. The van der Waals surface area contributed by atoms with Crippen LogP contribution in [0.5, 0.6) is 11.5 Å². The van der Waals surface area contributed by atoms with E-state index in [1.807, 2.05) is 0 Å². The van der Waals surface area contributed by atoms with Crippen LogP contribution in [-0.2, 0) is 4.74 Å². The SMILES string of the molecule is CCCCCCOc1ccc(C(=O)Oc2ccc(C(=O)OCCCCCCO)cc2)cc1. The molecule has 174 valence electrons. The van der Waals surface area contributed by atoms with Crippen LogP contribution in [-0.4, -0.2) is 36.9 Å². The summed E-state index contributed by atoms with van der Waals surface area (Å²) in [4.78, 5) is 24.4. The van der Waals surface area contributed by atoms with Gasteiger partial charge in [0.25, 0.3) is 0 Å². The van der Waals surface area contributed by atoms with Gasteiger partial charge >= 0.3 is 11.9 Å². The molecule has 6 heteroatoms. The van der Waals surface area contributed by atoms with Crippen LogP contribution in [0.15, 0.2) is 48.5 Å². The molecule has 0 aliphatic rings. The topological polar surface area (TPSA) is 82.1 Å². The lowest BCUT2D eigenvalue weighted by Gasteiger charge is -2.08. The van der Waals surface area contributed by atoms with Crippen molar-refractivity contribution in [3.63, 3.8) is 0 Å². The molecule has 32 heavy (non-hydrogen) atoms. The van der Waals surface area contributed by atoms with E-state index in [-0.39, 0.29) is 6.61 Å². The second-order valence-electron chi connectivity index (χ2n) is 7.62. The van der Waals surface area contributed by atoms with Gasteiger partial charge in [0.1, 0.15) is 11.5 Å². The Kier molecular flexibility index (Phi) is 11.9. The first-order chi connectivity index (χ1) is 15.6. The summed E-state index contributed by atoms with van der Waals surface area (Å²) in [7, 11) is 0. The fourth-order valence-corrected chi connectivity index (χ4v) is 3.05. The molecular weight excluding hydrogens is 408 g/mol. The minimum Gasteiger partial charge on any atom is -0.494 e. The fraction of sp³-hybridized carbons (Fsp3) is 0.462. The Morgan fingerprint density at radius 2 is 1.25 bits per heavy atom. The Hall–Kier alpha value is -2.86. The molecule has 0 fully saturated rings. The number of unbranched alkanes of at least 4 members (excludes halogenated alkanes) is 6. The second-order valence-corrected chi connectivity index (χ2v) is 7.62. The van der Waals surface area contributed by atoms with Crippen LogP contribution >= 0.6 is 0 Å². The third-order valence-corrected chi connectivity index (χ3v) is 4.94. The summed E-state index contributed by atoms with van der Waals surface area (Å²) < 4.78 is 16.3. The van der Waals surface area contributed by atoms with E-state index in [4.69, 9.17) is 19.3 Å². The van der Waals surface area contributed by atoms with E-state index >= 15 is 0 Å². The summed E-state index contributed by atoms with van der Waals surface area (Å²) in [5, 5.41) is 8.74. The van der Waals surface area contributed by atoms with Crippen molar-refractivity contribution in [3.8, 4) is 11.5 Å². The fourth-order valence-electron chi connectivity index (χ4n) is 3.05. The Balaban J connectivity index is 1.75. The van der Waals surface area contributed by atoms with Crippen LogP contribution in [0.1, 0.15) is 79.0 Å². The molecule has 2 rings (SSSR count). The Bertz CT molecular complexity index is 798. The maximum Gasteiger partial charge on any atom is 0.343 e. The van der Waals surface area contributed by atoms with Gasteiger partial charge in [0.05, 0.1) is 24.3 Å². The van der Waals surface area contributed by atoms with Crippen LogP contribution in [0.3, 0.4) is 0 Å². The number of carbonyl (C=O) groups is 2. The number of rotatable bonds is 15. The molecule has 0 saturated carbocycles. The van der Waals surface area contributed by atoms with Gasteiger partial charge in [-0.1, -0.05) is 32.6 Å². The van der Waals surface area contributed by atoms with Crippen molar-refractivity contribution >= 4 is 11.9 Å². The smallest absolute Gasteiger partial charge is 0.343 e. The van der Waals surface area contributed by atoms with Crippen molar-refractivity contribution in [2.45, 2.75) is 58.3 Å². The molecule has 6 nitrogen and oxygen atoms in total. The van der Waals surface area contributed by atoms with Gasteiger partial charge in [0.2, 0.25) is 0 Å². The molecule has 2 aromatic rings. The van der Waals surface area contributed by atoms with Gasteiger partial charge in [0.15, 0.2) is 0 Å². The van der Waals surface area contributed by atoms with E-state index in [1.165, 1.54) is 12.8 Å². The summed E-state index contributed by atoms with van der Waals surface area (Å²) in [6, 6.07) is 13.2. The number of aliphatic hydroxyl groups is 1. The van der Waals surface area contributed by atoms with Crippen LogP contribution in [0, 0.1) is 0 Å². The Labute approximate surface area is 190 Å². The van der Waals surface area contributed by atoms with Gasteiger partial charge in [-0.2, -0.15) is 0 Å². The lowest BCUT2D eigenvalue weighted by atomic mass is 10.2. The molecule has 0 saturated heterocycles. The maximum atomic E-state index is 12.4. The van der Waals surface area contributed by atoms with E-state index in [1.54, 1.807) is 48.5 Å². The lowest BCUT2D eigenvalue weighted by Crippen LogP contribution is -2.09. The first-order valence-corrected chi connectivity index (χ1v) is 11.5. The van der Waals surface area contributed by atoms with E-state index in [0.717, 1.165) is 44.3 Å². The van der Waals surface area contributed by atoms with Crippen molar-refractivity contribution in [1.29, 1.82) is 0 Å². The molecule has 2 aromatic carbocycles. The third-order valence-electron chi connectivity index (χ3n) is 4.94. The minimum atomic E-state index is -0.474. The zero-order chi connectivity index (χ0) is 23.0. The summed E-state index contributed by atoms with van der Waals surface area (Å²) in [6.07, 6.45) is 7.94. The standard InChI is InChI=1S/C26H34O6/c1-2-3-4-8-19-30-23-14-10-22(11-15-23)26(29)32-24-16-12-21(13-17-24)25(28)31-20-9-6-5-7-18-27/h10-17,27H,2-9,18-20H2,1H3. The third kappa shape index (κ3) is 9.52. The van der Waals surface area contributed by atoms with Gasteiger partial charge in [-0.15, -0.1) is 0 Å². The van der Waals surface area contributed by atoms with Crippen LogP contribution in [0.2, 0.25) is 0 Å². The highest BCUT2D eigenvalue weighted by atomic mass is 16.5. The first-order valence-electron chi connectivity index (χ1n) is 11.5. The van der Waals surface area contributed by atoms with Gasteiger partial charge in [-0.3, -0.25) is 0 Å². The summed E-state index contributed by atoms with van der Waals surface area (Å²) in [5.74, 6) is 0.203. The summed E-state index contributed by atoms with van der Waals surface area (Å²) in [5.41, 5.74) is 0.827. The molecule has 0 aliphatic heterocycles. The Morgan fingerprint density at radius 3 is 1.91 bits per heavy atom. The molecule has 0 atom stereocenters. The highest BCUT2D eigenvalue weighted by Gasteiger charge is 2.11. The van der Waals surface area contributed by atoms with Crippen LogP contribution in [0.4, 0.5) is 0 Å². The second kappa shape index (κ2) is 15.0. The highest BCUT2D eigenvalue weighted by Crippen LogP contribution is 2.18. The van der Waals surface area contributed by atoms with Gasteiger partial charge in [0, 0.05) is 6.61 Å². The van der Waals surface area contributed by atoms with Crippen LogP contribution in [0.25, 0.3) is 0 Å². The lowest BCUT2D eigenvalue weighted by molar-refractivity contribution is 0.0497. The van der Waals surface area contributed by atoms with Crippen molar-refractivity contribution in [1.82, 2.24) is 0 Å². The number of ether oxygens (including phenoxy) is 3. The molecule has 0 unspecified atom stereocenters. The molecular formula is C26H34O6. The molecule has 1 N–H and O–H groups in total. The number of esters is 2. The van der Waals surface area contributed by atoms with E-state index in [9.17, 15) is 9.59 Å². The predicted octanol–water partition coefficient (Wildman–Crippen LogP) is 5.57. The van der Waals surface area contributed by atoms with Crippen molar-refractivity contribution < 1.29 is 28.9 Å². The summed E-state index contributed by atoms with van der Waals surface area (Å²) in [6.45, 7) is 3.38. The number of carbonyl (C=O) groups excluding carboxylic acids is 2. The van der Waals surface area contributed by atoms with Gasteiger partial charge in [-0.25, -0.2) is 9.59 Å². The van der Waals surface area contributed by atoms with Gasteiger partial charge < -0.3 is 19.3 Å². The number of hydrogen-bond donors (Lipinski definition) is 1. The molecule has 0 amide bonds. The average Bonchev–Trinajstić information content (AvgIpc) is 2.82.